The number of rotatable bonds is 6. The zero-order chi connectivity index (χ0) is 12.8. The van der Waals surface area contributed by atoms with Crippen LogP contribution in [0.1, 0.15) is 13.8 Å². The van der Waals surface area contributed by atoms with E-state index < -0.39 is 11.9 Å². The van der Waals surface area contributed by atoms with Crippen LogP contribution in [0, 0.1) is 5.82 Å². The van der Waals surface area contributed by atoms with Crippen molar-refractivity contribution in [3.63, 3.8) is 0 Å². The van der Waals surface area contributed by atoms with Crippen molar-refractivity contribution < 1.29 is 14.2 Å². The third-order valence-corrected chi connectivity index (χ3v) is 2.38. The summed E-state index contributed by atoms with van der Waals surface area (Å²) in [5.41, 5.74) is 0. The molecular formula is C12H17ClFNO2. The summed E-state index contributed by atoms with van der Waals surface area (Å²) in [6.07, 6.45) is -0.626. The van der Waals surface area contributed by atoms with Crippen molar-refractivity contribution in [3.05, 3.63) is 29.0 Å². The highest BCUT2D eigenvalue weighted by atomic mass is 35.5. The van der Waals surface area contributed by atoms with Gasteiger partial charge in [-0.3, -0.25) is 0 Å². The van der Waals surface area contributed by atoms with Crippen LogP contribution in [0.5, 0.6) is 5.75 Å². The molecule has 3 nitrogen and oxygen atoms in total. The van der Waals surface area contributed by atoms with Gasteiger partial charge in [0.2, 0.25) is 0 Å². The molecule has 0 radical (unpaired) electrons. The Morgan fingerprint density at radius 3 is 2.76 bits per heavy atom. The summed E-state index contributed by atoms with van der Waals surface area (Å²) in [6, 6.07) is 4.19. The van der Waals surface area contributed by atoms with E-state index in [1.54, 1.807) is 0 Å². The molecule has 0 saturated heterocycles. The third kappa shape index (κ3) is 5.35. The molecule has 0 amide bonds. The highest BCUT2D eigenvalue weighted by Gasteiger charge is 2.08. The highest BCUT2D eigenvalue weighted by Crippen LogP contribution is 2.24. The Hall–Kier alpha value is -0.840. The SMILES string of the molecule is CC(C)NCC(O)COc1ccc(F)cc1Cl. The fourth-order valence-electron chi connectivity index (χ4n) is 1.21. The average Bonchev–Trinajstić information content (AvgIpc) is 2.25. The maximum Gasteiger partial charge on any atom is 0.138 e. The molecular weight excluding hydrogens is 245 g/mol. The van der Waals surface area contributed by atoms with E-state index in [4.69, 9.17) is 16.3 Å². The maximum atomic E-state index is 12.8. The molecule has 0 aromatic heterocycles. The molecule has 0 aliphatic rings. The molecule has 1 aromatic carbocycles. The lowest BCUT2D eigenvalue weighted by Crippen LogP contribution is -2.35. The van der Waals surface area contributed by atoms with Crippen LogP contribution in [-0.2, 0) is 0 Å². The number of aliphatic hydroxyl groups is 1. The minimum atomic E-state index is -0.626. The van der Waals surface area contributed by atoms with Gasteiger partial charge >= 0.3 is 0 Å². The van der Waals surface area contributed by atoms with Gasteiger partial charge in [-0.1, -0.05) is 25.4 Å². The molecule has 0 aliphatic carbocycles. The molecule has 0 spiro atoms. The minimum absolute atomic E-state index is 0.116. The Labute approximate surface area is 106 Å². The summed E-state index contributed by atoms with van der Waals surface area (Å²) in [4.78, 5) is 0. The summed E-state index contributed by atoms with van der Waals surface area (Å²) in [5.74, 6) is -0.0407. The number of ether oxygens (including phenoxy) is 1. The first-order valence-electron chi connectivity index (χ1n) is 5.48. The standard InChI is InChI=1S/C12H17ClFNO2/c1-8(2)15-6-10(16)7-17-12-4-3-9(14)5-11(12)13/h3-5,8,10,15-16H,6-7H2,1-2H3. The van der Waals surface area contributed by atoms with Gasteiger partial charge in [-0.05, 0) is 18.2 Å². The summed E-state index contributed by atoms with van der Waals surface area (Å²) >= 11 is 5.78. The zero-order valence-corrected chi connectivity index (χ0v) is 10.7. The second kappa shape index (κ2) is 6.79. The lowest BCUT2D eigenvalue weighted by atomic mass is 10.3. The molecule has 1 rings (SSSR count). The van der Waals surface area contributed by atoms with E-state index in [-0.39, 0.29) is 11.6 Å². The second-order valence-electron chi connectivity index (χ2n) is 4.10. The molecule has 0 heterocycles. The lowest BCUT2D eigenvalue weighted by molar-refractivity contribution is 0.104. The van der Waals surface area contributed by atoms with Crippen LogP contribution in [0.4, 0.5) is 4.39 Å². The van der Waals surface area contributed by atoms with E-state index in [1.807, 2.05) is 13.8 Å². The predicted octanol–water partition coefficient (Wildman–Crippen LogP) is 2.22. The van der Waals surface area contributed by atoms with Crippen LogP contribution in [-0.4, -0.2) is 30.4 Å². The van der Waals surface area contributed by atoms with E-state index in [2.05, 4.69) is 5.32 Å². The summed E-state index contributed by atoms with van der Waals surface area (Å²) in [7, 11) is 0. The normalized spacial score (nSPS) is 12.8. The first-order chi connectivity index (χ1) is 7.99. The van der Waals surface area contributed by atoms with Gasteiger partial charge in [-0.2, -0.15) is 0 Å². The largest absolute Gasteiger partial charge is 0.489 e. The molecule has 96 valence electrons. The topological polar surface area (TPSA) is 41.5 Å². The zero-order valence-electron chi connectivity index (χ0n) is 9.91. The van der Waals surface area contributed by atoms with Gasteiger partial charge in [0.05, 0.1) is 5.02 Å². The van der Waals surface area contributed by atoms with Gasteiger partial charge in [0.25, 0.3) is 0 Å². The number of benzene rings is 1. The van der Waals surface area contributed by atoms with Crippen LogP contribution in [0.3, 0.4) is 0 Å². The van der Waals surface area contributed by atoms with Crippen LogP contribution < -0.4 is 10.1 Å². The van der Waals surface area contributed by atoms with Gasteiger partial charge in [0.1, 0.15) is 24.3 Å². The lowest BCUT2D eigenvalue weighted by Gasteiger charge is -2.15. The molecule has 5 heteroatoms. The van der Waals surface area contributed by atoms with Gasteiger partial charge in [0, 0.05) is 12.6 Å². The van der Waals surface area contributed by atoms with Crippen molar-refractivity contribution in [2.24, 2.45) is 0 Å². The monoisotopic (exact) mass is 261 g/mol. The number of aliphatic hydroxyl groups excluding tert-OH is 1. The number of halogens is 2. The molecule has 0 fully saturated rings. The van der Waals surface area contributed by atoms with Crippen molar-refractivity contribution in [1.82, 2.24) is 5.32 Å². The predicted molar refractivity (Wildman–Crippen MR) is 66.1 cm³/mol. The van der Waals surface area contributed by atoms with Crippen LogP contribution in [0.25, 0.3) is 0 Å². The number of hydrogen-bond acceptors (Lipinski definition) is 3. The first-order valence-corrected chi connectivity index (χ1v) is 5.86. The van der Waals surface area contributed by atoms with E-state index in [0.29, 0.717) is 18.3 Å². The number of nitrogens with one attached hydrogen (secondary N) is 1. The fraction of sp³-hybridized carbons (Fsp3) is 0.500. The Kier molecular flexibility index (Phi) is 5.68. The summed E-state index contributed by atoms with van der Waals surface area (Å²) in [5, 5.41) is 12.9. The third-order valence-electron chi connectivity index (χ3n) is 2.09. The Balaban J connectivity index is 2.39. The smallest absolute Gasteiger partial charge is 0.138 e. The van der Waals surface area contributed by atoms with Crippen molar-refractivity contribution in [2.45, 2.75) is 26.0 Å². The molecule has 0 aliphatic heterocycles. The van der Waals surface area contributed by atoms with E-state index in [1.165, 1.54) is 18.2 Å². The Morgan fingerprint density at radius 2 is 2.18 bits per heavy atom. The second-order valence-corrected chi connectivity index (χ2v) is 4.51. The first kappa shape index (κ1) is 14.2. The van der Waals surface area contributed by atoms with Crippen LogP contribution >= 0.6 is 11.6 Å². The molecule has 1 aromatic rings. The molecule has 17 heavy (non-hydrogen) atoms. The quantitative estimate of drug-likeness (QED) is 0.825. The molecule has 1 atom stereocenters. The van der Waals surface area contributed by atoms with E-state index >= 15 is 0 Å². The summed E-state index contributed by atoms with van der Waals surface area (Å²) < 4.78 is 18.1. The minimum Gasteiger partial charge on any atom is -0.489 e. The molecule has 0 saturated carbocycles. The van der Waals surface area contributed by atoms with Gasteiger partial charge in [0.15, 0.2) is 0 Å². The van der Waals surface area contributed by atoms with Gasteiger partial charge in [-0.25, -0.2) is 4.39 Å². The summed E-state index contributed by atoms with van der Waals surface area (Å²) in [6.45, 7) is 4.54. The Morgan fingerprint density at radius 1 is 1.47 bits per heavy atom. The van der Waals surface area contributed by atoms with Crippen LogP contribution in [0.15, 0.2) is 18.2 Å². The van der Waals surface area contributed by atoms with Crippen molar-refractivity contribution in [1.29, 1.82) is 0 Å². The molecule has 0 bridgehead atoms. The maximum absolute atomic E-state index is 12.8. The van der Waals surface area contributed by atoms with Gasteiger partial charge in [-0.15, -0.1) is 0 Å². The van der Waals surface area contributed by atoms with Crippen molar-refractivity contribution in [2.75, 3.05) is 13.2 Å². The van der Waals surface area contributed by atoms with E-state index in [9.17, 15) is 9.50 Å². The average molecular weight is 262 g/mol. The van der Waals surface area contributed by atoms with Gasteiger partial charge < -0.3 is 15.2 Å². The Bertz CT molecular complexity index is 360. The van der Waals surface area contributed by atoms with Crippen molar-refractivity contribution >= 4 is 11.6 Å². The van der Waals surface area contributed by atoms with Crippen molar-refractivity contribution in [3.8, 4) is 5.75 Å². The van der Waals surface area contributed by atoms with E-state index in [0.717, 1.165) is 0 Å². The molecule has 1 unspecified atom stereocenters. The van der Waals surface area contributed by atoms with Crippen LogP contribution in [0.2, 0.25) is 5.02 Å². The highest BCUT2D eigenvalue weighted by molar-refractivity contribution is 6.32. The molecule has 2 N–H and O–H groups in total. The fourth-order valence-corrected chi connectivity index (χ4v) is 1.43. The number of hydrogen-bond donors (Lipinski definition) is 2.